The molecular weight excluding hydrogens is 346 g/mol. The highest BCUT2D eigenvalue weighted by Crippen LogP contribution is 2.25. The average Bonchev–Trinajstić information content (AvgIpc) is 2.62. The fraction of sp³-hybridized carbons (Fsp3) is 0.550. The minimum Gasteiger partial charge on any atom is -0.337 e. The molecule has 6 heteroatoms. The predicted molar refractivity (Wildman–Crippen MR) is 107 cm³/mol. The van der Waals surface area contributed by atoms with Gasteiger partial charge in [0.05, 0.1) is 16.7 Å². The summed E-state index contributed by atoms with van der Waals surface area (Å²) in [5.41, 5.74) is 0.673. The van der Waals surface area contributed by atoms with Crippen molar-refractivity contribution in [2.75, 3.05) is 5.75 Å². The van der Waals surface area contributed by atoms with Crippen LogP contribution in [-0.4, -0.2) is 38.2 Å². The van der Waals surface area contributed by atoms with Crippen LogP contribution >= 0.6 is 11.8 Å². The number of fused-ring (bicyclic) bond motifs is 1. The average molecular weight is 374 g/mol. The van der Waals surface area contributed by atoms with Crippen LogP contribution in [0, 0.1) is 0 Å². The van der Waals surface area contributed by atoms with E-state index < -0.39 is 0 Å². The largest absolute Gasteiger partial charge is 0.337 e. The number of carbonyl (C=O) groups excluding carboxylic acids is 1. The third-order valence-electron chi connectivity index (χ3n) is 5.08. The second-order valence-corrected chi connectivity index (χ2v) is 8.03. The van der Waals surface area contributed by atoms with E-state index in [1.54, 1.807) is 4.57 Å². The smallest absolute Gasteiger partial charge is 0.262 e. The standard InChI is InChI=1S/C20H27N3O2S/c1-4-12-22-19(25)16-10-5-6-11-17(16)21-20(22)26-13-18(24)23-14(2)8-7-9-15(23)3/h5-6,10-11,14-15H,4,7-9,12-13H2,1-3H3/t14-,15-/m0/s1. The molecule has 5 nitrogen and oxygen atoms in total. The number of nitrogens with zero attached hydrogens (tertiary/aromatic N) is 3. The van der Waals surface area contributed by atoms with E-state index in [0.29, 0.717) is 28.4 Å². The molecule has 1 aliphatic rings. The van der Waals surface area contributed by atoms with E-state index in [0.717, 1.165) is 19.3 Å². The number of para-hydroxylation sites is 1. The van der Waals surface area contributed by atoms with Gasteiger partial charge in [0.1, 0.15) is 0 Å². The molecule has 2 aromatic rings. The molecule has 1 amide bonds. The van der Waals surface area contributed by atoms with Crippen LogP contribution in [0.15, 0.2) is 34.2 Å². The summed E-state index contributed by atoms with van der Waals surface area (Å²) in [7, 11) is 0. The monoisotopic (exact) mass is 373 g/mol. The number of carbonyl (C=O) groups is 1. The minimum atomic E-state index is -0.0212. The highest BCUT2D eigenvalue weighted by atomic mass is 32.2. The molecule has 0 radical (unpaired) electrons. The maximum absolute atomic E-state index is 12.8. The van der Waals surface area contributed by atoms with E-state index in [-0.39, 0.29) is 23.6 Å². The number of aromatic nitrogens is 2. The van der Waals surface area contributed by atoms with Gasteiger partial charge in [-0.3, -0.25) is 14.2 Å². The minimum absolute atomic E-state index is 0.0212. The molecule has 26 heavy (non-hydrogen) atoms. The molecular formula is C20H27N3O2S. The van der Waals surface area contributed by atoms with Gasteiger partial charge in [0.15, 0.2) is 5.16 Å². The lowest BCUT2D eigenvalue weighted by molar-refractivity contribution is -0.134. The van der Waals surface area contributed by atoms with Crippen LogP contribution in [0.25, 0.3) is 10.9 Å². The fourth-order valence-corrected chi connectivity index (χ4v) is 4.69. The Kier molecular flexibility index (Phi) is 6.01. The molecule has 1 aromatic carbocycles. The Morgan fingerprint density at radius 2 is 1.92 bits per heavy atom. The summed E-state index contributed by atoms with van der Waals surface area (Å²) < 4.78 is 1.71. The molecule has 1 aliphatic heterocycles. The zero-order valence-electron chi connectivity index (χ0n) is 15.8. The maximum atomic E-state index is 12.8. The number of hydrogen-bond donors (Lipinski definition) is 0. The molecule has 0 bridgehead atoms. The van der Waals surface area contributed by atoms with E-state index in [1.807, 2.05) is 36.1 Å². The van der Waals surface area contributed by atoms with Gasteiger partial charge in [-0.15, -0.1) is 0 Å². The van der Waals surface area contributed by atoms with Gasteiger partial charge in [-0.1, -0.05) is 30.8 Å². The van der Waals surface area contributed by atoms with Crippen molar-refractivity contribution in [2.24, 2.45) is 0 Å². The lowest BCUT2D eigenvalue weighted by atomic mass is 9.98. The van der Waals surface area contributed by atoms with Crippen molar-refractivity contribution in [2.45, 2.75) is 70.2 Å². The summed E-state index contributed by atoms with van der Waals surface area (Å²) in [6, 6.07) is 7.98. The molecule has 1 saturated heterocycles. The molecule has 140 valence electrons. The van der Waals surface area contributed by atoms with Crippen molar-refractivity contribution < 1.29 is 4.79 Å². The lowest BCUT2D eigenvalue weighted by Crippen LogP contribution is -2.48. The van der Waals surface area contributed by atoms with Gasteiger partial charge < -0.3 is 4.90 Å². The van der Waals surface area contributed by atoms with Gasteiger partial charge in [0.2, 0.25) is 5.91 Å². The summed E-state index contributed by atoms with van der Waals surface area (Å²) in [5, 5.41) is 1.27. The molecule has 0 unspecified atom stereocenters. The van der Waals surface area contributed by atoms with Gasteiger partial charge in [0, 0.05) is 18.6 Å². The zero-order chi connectivity index (χ0) is 18.7. The first-order valence-corrected chi connectivity index (χ1v) is 10.4. The summed E-state index contributed by atoms with van der Waals surface area (Å²) >= 11 is 1.38. The number of rotatable bonds is 5. The maximum Gasteiger partial charge on any atom is 0.262 e. The Hall–Kier alpha value is -1.82. The van der Waals surface area contributed by atoms with Gasteiger partial charge in [-0.25, -0.2) is 4.98 Å². The molecule has 1 fully saturated rings. The Bertz CT molecular complexity index is 839. The molecule has 0 N–H and O–H groups in total. The highest BCUT2D eigenvalue weighted by Gasteiger charge is 2.29. The molecule has 2 atom stereocenters. The topological polar surface area (TPSA) is 55.2 Å². The summed E-state index contributed by atoms with van der Waals surface area (Å²) in [5.74, 6) is 0.462. The molecule has 0 spiro atoms. The van der Waals surface area contributed by atoms with E-state index in [2.05, 4.69) is 18.8 Å². The number of hydrogen-bond acceptors (Lipinski definition) is 4. The van der Waals surface area contributed by atoms with Crippen molar-refractivity contribution in [3.05, 3.63) is 34.6 Å². The first-order chi connectivity index (χ1) is 12.5. The normalized spacial score (nSPS) is 20.5. The van der Waals surface area contributed by atoms with Crippen LogP contribution in [0.1, 0.15) is 46.5 Å². The number of benzene rings is 1. The van der Waals surface area contributed by atoms with Crippen LogP contribution in [0.2, 0.25) is 0 Å². The lowest BCUT2D eigenvalue weighted by Gasteiger charge is -2.39. The van der Waals surface area contributed by atoms with Crippen LogP contribution in [0.3, 0.4) is 0 Å². The first-order valence-electron chi connectivity index (χ1n) is 9.46. The van der Waals surface area contributed by atoms with Crippen molar-refractivity contribution in [1.82, 2.24) is 14.5 Å². The molecule has 0 saturated carbocycles. The number of piperidine rings is 1. The van der Waals surface area contributed by atoms with Crippen molar-refractivity contribution >= 4 is 28.6 Å². The van der Waals surface area contributed by atoms with Crippen LogP contribution < -0.4 is 5.56 Å². The van der Waals surface area contributed by atoms with Crippen molar-refractivity contribution in [3.8, 4) is 0 Å². The van der Waals surface area contributed by atoms with Crippen molar-refractivity contribution in [1.29, 1.82) is 0 Å². The number of likely N-dealkylation sites (tertiary alicyclic amines) is 1. The predicted octanol–water partition coefficient (Wildman–Crippen LogP) is 3.69. The third kappa shape index (κ3) is 3.80. The van der Waals surface area contributed by atoms with Crippen LogP contribution in [0.5, 0.6) is 0 Å². The molecule has 2 heterocycles. The molecule has 1 aromatic heterocycles. The second kappa shape index (κ2) is 8.25. The Morgan fingerprint density at radius 1 is 1.23 bits per heavy atom. The summed E-state index contributed by atoms with van der Waals surface area (Å²) in [6.07, 6.45) is 4.16. The van der Waals surface area contributed by atoms with E-state index in [4.69, 9.17) is 0 Å². The number of amides is 1. The summed E-state index contributed by atoms with van der Waals surface area (Å²) in [6.45, 7) is 6.90. The van der Waals surface area contributed by atoms with Gasteiger partial charge in [0.25, 0.3) is 5.56 Å². The SMILES string of the molecule is CCCn1c(SCC(=O)N2[C@@H](C)CCC[C@@H]2C)nc2ccccc2c1=O. The number of thioether (sulfide) groups is 1. The van der Waals surface area contributed by atoms with Gasteiger partial charge in [-0.2, -0.15) is 0 Å². The van der Waals surface area contributed by atoms with E-state index >= 15 is 0 Å². The fourth-order valence-electron chi connectivity index (χ4n) is 3.79. The molecule has 0 aliphatic carbocycles. The Labute approximate surface area is 158 Å². The summed E-state index contributed by atoms with van der Waals surface area (Å²) in [4.78, 5) is 32.3. The van der Waals surface area contributed by atoms with Crippen LogP contribution in [-0.2, 0) is 11.3 Å². The molecule has 3 rings (SSSR count). The van der Waals surface area contributed by atoms with Crippen LogP contribution in [0.4, 0.5) is 0 Å². The quantitative estimate of drug-likeness (QED) is 0.592. The van der Waals surface area contributed by atoms with E-state index in [1.165, 1.54) is 18.2 Å². The zero-order valence-corrected chi connectivity index (χ0v) is 16.6. The van der Waals surface area contributed by atoms with Gasteiger partial charge in [-0.05, 0) is 51.7 Å². The van der Waals surface area contributed by atoms with Crippen molar-refractivity contribution in [3.63, 3.8) is 0 Å². The Morgan fingerprint density at radius 3 is 2.62 bits per heavy atom. The Balaban J connectivity index is 1.85. The highest BCUT2D eigenvalue weighted by molar-refractivity contribution is 7.99. The second-order valence-electron chi connectivity index (χ2n) is 7.09. The third-order valence-corrected chi connectivity index (χ3v) is 6.04. The first kappa shape index (κ1) is 19.0. The van der Waals surface area contributed by atoms with Gasteiger partial charge >= 0.3 is 0 Å². The van der Waals surface area contributed by atoms with E-state index in [9.17, 15) is 9.59 Å².